The van der Waals surface area contributed by atoms with Gasteiger partial charge in [0.05, 0.1) is 6.10 Å². The van der Waals surface area contributed by atoms with E-state index in [9.17, 15) is 9.90 Å². The van der Waals surface area contributed by atoms with Gasteiger partial charge in [-0.2, -0.15) is 0 Å². The van der Waals surface area contributed by atoms with E-state index in [1.165, 1.54) is 12.8 Å². The van der Waals surface area contributed by atoms with Gasteiger partial charge in [0.15, 0.2) is 0 Å². The van der Waals surface area contributed by atoms with E-state index in [2.05, 4.69) is 25.7 Å². The Bertz CT molecular complexity index is 520. The molecule has 0 aromatic carbocycles. The summed E-state index contributed by atoms with van der Waals surface area (Å²) in [5, 5.41) is 10.3. The zero-order valence-corrected chi connectivity index (χ0v) is 15.2. The Kier molecular flexibility index (Phi) is 3.44. The summed E-state index contributed by atoms with van der Waals surface area (Å²) < 4.78 is 0. The zero-order chi connectivity index (χ0) is 16.6. The van der Waals surface area contributed by atoms with Crippen LogP contribution < -0.4 is 0 Å². The Morgan fingerprint density at radius 3 is 2.65 bits per heavy atom. The van der Waals surface area contributed by atoms with Crippen LogP contribution in [0.15, 0.2) is 0 Å². The van der Waals surface area contributed by atoms with Crippen LogP contribution in [-0.4, -0.2) is 35.1 Å². The quantitative estimate of drug-likeness (QED) is 0.743. The van der Waals surface area contributed by atoms with Gasteiger partial charge in [0, 0.05) is 19.5 Å². The summed E-state index contributed by atoms with van der Waals surface area (Å²) >= 11 is 0. The first-order valence-electron chi connectivity index (χ1n) is 9.70. The highest BCUT2D eigenvalue weighted by Gasteiger charge is 2.61. The first-order valence-corrected chi connectivity index (χ1v) is 9.70. The molecule has 1 heterocycles. The molecule has 3 aliphatic carbocycles. The molecule has 0 aromatic heterocycles. The molecular formula is C20H33NO2. The van der Waals surface area contributed by atoms with Crippen molar-refractivity contribution in [2.75, 3.05) is 7.05 Å². The highest BCUT2D eigenvalue weighted by molar-refractivity contribution is 5.77. The predicted molar refractivity (Wildman–Crippen MR) is 90.7 cm³/mol. The maximum absolute atomic E-state index is 12.2. The third-order valence-electron chi connectivity index (χ3n) is 8.68. The van der Waals surface area contributed by atoms with Crippen LogP contribution >= 0.6 is 0 Å². The second-order valence-corrected chi connectivity index (χ2v) is 9.82. The second-order valence-electron chi connectivity index (χ2n) is 9.82. The van der Waals surface area contributed by atoms with Gasteiger partial charge < -0.3 is 10.0 Å². The lowest BCUT2D eigenvalue weighted by Crippen LogP contribution is -2.62. The predicted octanol–water partition coefficient (Wildman–Crippen LogP) is 3.46. The summed E-state index contributed by atoms with van der Waals surface area (Å²) in [6, 6.07) is 0.427. The number of fused-ring (bicyclic) bond motifs is 5. The van der Waals surface area contributed by atoms with Gasteiger partial charge in [-0.05, 0) is 73.0 Å². The number of carbonyl (C=O) groups is 1. The number of amides is 1. The molecule has 3 saturated carbocycles. The third kappa shape index (κ3) is 2.08. The molecule has 3 heteroatoms. The van der Waals surface area contributed by atoms with Gasteiger partial charge in [-0.3, -0.25) is 4.79 Å². The molecule has 8 atom stereocenters. The number of carbonyl (C=O) groups excluding carboxylic acids is 1. The van der Waals surface area contributed by atoms with Gasteiger partial charge in [-0.15, -0.1) is 0 Å². The van der Waals surface area contributed by atoms with E-state index < -0.39 is 0 Å². The van der Waals surface area contributed by atoms with Crippen LogP contribution in [-0.2, 0) is 4.79 Å². The molecule has 4 fully saturated rings. The van der Waals surface area contributed by atoms with Gasteiger partial charge in [-0.25, -0.2) is 0 Å². The topological polar surface area (TPSA) is 40.5 Å². The third-order valence-corrected chi connectivity index (χ3v) is 8.68. The molecule has 1 N–H and O–H groups in total. The molecule has 0 bridgehead atoms. The van der Waals surface area contributed by atoms with Crippen LogP contribution in [0.1, 0.15) is 65.7 Å². The zero-order valence-electron chi connectivity index (χ0n) is 15.2. The minimum absolute atomic E-state index is 0.0860. The summed E-state index contributed by atoms with van der Waals surface area (Å²) in [5.41, 5.74) is 0.642. The number of aliphatic hydroxyl groups is 1. The van der Waals surface area contributed by atoms with Crippen LogP contribution in [0.5, 0.6) is 0 Å². The van der Waals surface area contributed by atoms with Crippen LogP contribution in [0.2, 0.25) is 0 Å². The fourth-order valence-corrected chi connectivity index (χ4v) is 7.49. The lowest BCUT2D eigenvalue weighted by atomic mass is 9.45. The molecule has 4 aliphatic rings. The number of likely N-dealkylation sites (tertiary alicyclic amines) is 1. The lowest BCUT2D eigenvalue weighted by Gasteiger charge is -2.63. The van der Waals surface area contributed by atoms with Gasteiger partial charge in [0.25, 0.3) is 0 Å². The average molecular weight is 319 g/mol. The Labute approximate surface area is 140 Å². The number of hydrogen-bond donors (Lipinski definition) is 1. The molecule has 4 rings (SSSR count). The summed E-state index contributed by atoms with van der Waals surface area (Å²) in [6.07, 6.45) is 7.45. The van der Waals surface area contributed by atoms with E-state index >= 15 is 0 Å². The molecule has 1 saturated heterocycles. The van der Waals surface area contributed by atoms with E-state index in [-0.39, 0.29) is 11.5 Å². The molecule has 130 valence electrons. The Morgan fingerprint density at radius 2 is 1.91 bits per heavy atom. The molecule has 0 aromatic rings. The number of aliphatic hydroxyl groups excluding tert-OH is 1. The largest absolute Gasteiger partial charge is 0.393 e. The van der Waals surface area contributed by atoms with E-state index in [1.807, 2.05) is 7.05 Å². The van der Waals surface area contributed by atoms with Crippen molar-refractivity contribution in [2.45, 2.75) is 77.9 Å². The van der Waals surface area contributed by atoms with Crippen molar-refractivity contribution in [3.63, 3.8) is 0 Å². The fourth-order valence-electron chi connectivity index (χ4n) is 7.49. The van der Waals surface area contributed by atoms with Crippen molar-refractivity contribution < 1.29 is 9.90 Å². The van der Waals surface area contributed by atoms with Gasteiger partial charge in [0.1, 0.15) is 0 Å². The smallest absolute Gasteiger partial charge is 0.222 e. The normalized spacial score (nSPS) is 56.0. The van der Waals surface area contributed by atoms with Crippen molar-refractivity contribution >= 4 is 5.91 Å². The summed E-state index contributed by atoms with van der Waals surface area (Å²) in [6.45, 7) is 7.32. The number of piperidine rings is 1. The van der Waals surface area contributed by atoms with E-state index in [0.717, 1.165) is 43.9 Å². The monoisotopic (exact) mass is 319 g/mol. The molecule has 0 spiro atoms. The van der Waals surface area contributed by atoms with Gasteiger partial charge in [-0.1, -0.05) is 20.8 Å². The first kappa shape index (κ1) is 15.9. The van der Waals surface area contributed by atoms with Gasteiger partial charge in [0.2, 0.25) is 5.91 Å². The summed E-state index contributed by atoms with van der Waals surface area (Å²) in [5.74, 6) is 3.17. The van der Waals surface area contributed by atoms with E-state index in [4.69, 9.17) is 0 Å². The molecular weight excluding hydrogens is 286 g/mol. The Balaban J connectivity index is 1.70. The minimum Gasteiger partial charge on any atom is -0.393 e. The molecule has 1 amide bonds. The molecule has 0 radical (unpaired) electrons. The number of rotatable bonds is 0. The lowest BCUT2D eigenvalue weighted by molar-refractivity contribution is -0.164. The van der Waals surface area contributed by atoms with E-state index in [1.54, 1.807) is 0 Å². The van der Waals surface area contributed by atoms with Crippen LogP contribution in [0.4, 0.5) is 0 Å². The maximum Gasteiger partial charge on any atom is 0.222 e. The highest BCUT2D eigenvalue weighted by Crippen LogP contribution is 2.65. The maximum atomic E-state index is 12.2. The van der Waals surface area contributed by atoms with Crippen molar-refractivity contribution in [2.24, 2.45) is 34.5 Å². The van der Waals surface area contributed by atoms with E-state index in [0.29, 0.717) is 29.2 Å². The van der Waals surface area contributed by atoms with Crippen molar-refractivity contribution in [1.29, 1.82) is 0 Å². The molecule has 23 heavy (non-hydrogen) atoms. The molecule has 5 unspecified atom stereocenters. The fraction of sp³-hybridized carbons (Fsp3) is 0.950. The van der Waals surface area contributed by atoms with Crippen molar-refractivity contribution in [1.82, 2.24) is 4.90 Å². The van der Waals surface area contributed by atoms with Crippen LogP contribution in [0.25, 0.3) is 0 Å². The average Bonchev–Trinajstić information content (AvgIpc) is 2.80. The van der Waals surface area contributed by atoms with Crippen LogP contribution in [0.3, 0.4) is 0 Å². The number of nitrogens with zero attached hydrogens (tertiary/aromatic N) is 1. The Morgan fingerprint density at radius 1 is 1.17 bits per heavy atom. The van der Waals surface area contributed by atoms with Crippen molar-refractivity contribution in [3.8, 4) is 0 Å². The second kappa shape index (κ2) is 4.97. The molecule has 3 nitrogen and oxygen atoms in total. The number of hydrogen-bond acceptors (Lipinski definition) is 2. The first-order chi connectivity index (χ1) is 10.8. The Hall–Kier alpha value is -0.570. The minimum atomic E-state index is -0.0860. The molecule has 1 aliphatic heterocycles. The van der Waals surface area contributed by atoms with Gasteiger partial charge >= 0.3 is 0 Å². The summed E-state index contributed by atoms with van der Waals surface area (Å²) in [4.78, 5) is 14.3. The SMILES string of the molecule is C[C@H]1CC2N(C)C(=O)CC[C@]2(C)C2CC[C@]3(C)CC(O)CC3C21. The summed E-state index contributed by atoms with van der Waals surface area (Å²) in [7, 11) is 2.03. The van der Waals surface area contributed by atoms with Crippen LogP contribution in [0, 0.1) is 34.5 Å². The standard InChI is InChI=1S/C20H33NO2/c1-12-9-16-20(3,8-6-17(23)21(16)4)14-5-7-19(2)11-13(22)10-15(19)18(12)14/h12-16,18,22H,5-11H2,1-4H3/t12-,13?,14?,15?,16?,18?,19+,20+/m0/s1. The van der Waals surface area contributed by atoms with Crippen molar-refractivity contribution in [3.05, 3.63) is 0 Å². The highest BCUT2D eigenvalue weighted by atomic mass is 16.3.